The fourth-order valence-corrected chi connectivity index (χ4v) is 2.77. The van der Waals surface area contributed by atoms with Crippen molar-refractivity contribution in [1.29, 1.82) is 0 Å². The molecule has 21 heavy (non-hydrogen) atoms. The van der Waals surface area contributed by atoms with Crippen LogP contribution in [0.3, 0.4) is 0 Å². The molecule has 0 heterocycles. The van der Waals surface area contributed by atoms with E-state index in [-0.39, 0.29) is 23.8 Å². The zero-order valence-corrected chi connectivity index (χ0v) is 13.1. The van der Waals surface area contributed by atoms with E-state index in [9.17, 15) is 13.2 Å². The lowest BCUT2D eigenvalue weighted by molar-refractivity contribution is 0.496. The normalized spacial score (nSPS) is 12.4. The Morgan fingerprint density at radius 1 is 1.10 bits per heavy atom. The Morgan fingerprint density at radius 3 is 2.38 bits per heavy atom. The number of rotatable bonds is 5. The van der Waals surface area contributed by atoms with Crippen LogP contribution < -0.4 is 5.32 Å². The van der Waals surface area contributed by atoms with Crippen LogP contribution in [0.5, 0.6) is 0 Å². The highest BCUT2D eigenvalue weighted by Crippen LogP contribution is 2.28. The van der Waals surface area contributed by atoms with E-state index in [1.807, 2.05) is 6.92 Å². The molecule has 0 spiro atoms. The summed E-state index contributed by atoms with van der Waals surface area (Å²) in [6.07, 6.45) is 0.106. The van der Waals surface area contributed by atoms with Crippen LogP contribution in [0, 0.1) is 17.5 Å². The molecular formula is C16H15BrF3N. The summed E-state index contributed by atoms with van der Waals surface area (Å²) in [6, 6.07) is 7.69. The molecule has 0 bridgehead atoms. The summed E-state index contributed by atoms with van der Waals surface area (Å²) >= 11 is 3.36. The minimum atomic E-state index is -0.592. The highest BCUT2D eigenvalue weighted by Gasteiger charge is 2.19. The second-order valence-corrected chi connectivity index (χ2v) is 5.53. The van der Waals surface area contributed by atoms with Crippen molar-refractivity contribution in [3.8, 4) is 0 Å². The van der Waals surface area contributed by atoms with E-state index >= 15 is 0 Å². The van der Waals surface area contributed by atoms with Crippen LogP contribution in [0.1, 0.15) is 24.1 Å². The summed E-state index contributed by atoms with van der Waals surface area (Å²) < 4.78 is 41.7. The number of hydrogen-bond donors (Lipinski definition) is 1. The van der Waals surface area contributed by atoms with Crippen molar-refractivity contribution >= 4 is 15.9 Å². The van der Waals surface area contributed by atoms with Gasteiger partial charge in [-0.2, -0.15) is 0 Å². The Morgan fingerprint density at radius 2 is 1.76 bits per heavy atom. The molecule has 1 unspecified atom stereocenters. The fraction of sp³-hybridized carbons (Fsp3) is 0.250. The molecular weight excluding hydrogens is 343 g/mol. The van der Waals surface area contributed by atoms with Gasteiger partial charge in [0.15, 0.2) is 0 Å². The van der Waals surface area contributed by atoms with Crippen molar-refractivity contribution in [1.82, 2.24) is 5.32 Å². The predicted molar refractivity (Wildman–Crippen MR) is 80.6 cm³/mol. The van der Waals surface area contributed by atoms with Crippen molar-refractivity contribution in [2.45, 2.75) is 19.4 Å². The molecule has 0 saturated heterocycles. The summed E-state index contributed by atoms with van der Waals surface area (Å²) in [6.45, 7) is 2.49. The quantitative estimate of drug-likeness (QED) is 0.813. The maximum Gasteiger partial charge on any atom is 0.129 e. The lowest BCUT2D eigenvalue weighted by Gasteiger charge is -2.20. The van der Waals surface area contributed by atoms with Crippen molar-refractivity contribution in [3.63, 3.8) is 0 Å². The second-order valence-electron chi connectivity index (χ2n) is 4.68. The molecule has 0 radical (unpaired) electrons. The molecule has 0 aliphatic heterocycles. The molecule has 2 aromatic rings. The summed E-state index contributed by atoms with van der Waals surface area (Å²) in [4.78, 5) is 0. The monoisotopic (exact) mass is 357 g/mol. The van der Waals surface area contributed by atoms with Crippen LogP contribution in [0.15, 0.2) is 40.9 Å². The van der Waals surface area contributed by atoms with Gasteiger partial charge in [-0.05, 0) is 48.9 Å². The van der Waals surface area contributed by atoms with Gasteiger partial charge in [-0.3, -0.25) is 0 Å². The van der Waals surface area contributed by atoms with Gasteiger partial charge < -0.3 is 5.32 Å². The van der Waals surface area contributed by atoms with Crippen molar-refractivity contribution in [2.24, 2.45) is 0 Å². The van der Waals surface area contributed by atoms with Gasteiger partial charge in [-0.15, -0.1) is 0 Å². The average molecular weight is 358 g/mol. The molecule has 0 aliphatic carbocycles. The first kappa shape index (κ1) is 16.0. The van der Waals surface area contributed by atoms with Gasteiger partial charge >= 0.3 is 0 Å². The molecule has 2 rings (SSSR count). The molecule has 0 fully saturated rings. The standard InChI is InChI=1S/C16H15BrF3N/c1-2-21-16(11-8-10(18)6-7-13(11)17)9-12-14(19)4-3-5-15(12)20/h3-8,16,21H,2,9H2,1H3. The van der Waals surface area contributed by atoms with Crippen LogP contribution in [-0.2, 0) is 6.42 Å². The van der Waals surface area contributed by atoms with E-state index in [4.69, 9.17) is 0 Å². The number of nitrogens with one attached hydrogen (secondary N) is 1. The molecule has 112 valence electrons. The third kappa shape index (κ3) is 3.86. The van der Waals surface area contributed by atoms with Crippen LogP contribution in [0.25, 0.3) is 0 Å². The minimum Gasteiger partial charge on any atom is -0.310 e. The number of halogens is 4. The Bertz CT molecular complexity index is 611. The molecule has 0 saturated carbocycles. The smallest absolute Gasteiger partial charge is 0.129 e. The lowest BCUT2D eigenvalue weighted by atomic mass is 9.98. The zero-order chi connectivity index (χ0) is 15.4. The molecule has 5 heteroatoms. The van der Waals surface area contributed by atoms with Gasteiger partial charge in [-0.25, -0.2) is 13.2 Å². The number of hydrogen-bond acceptors (Lipinski definition) is 1. The maximum atomic E-state index is 13.8. The van der Waals surface area contributed by atoms with E-state index in [0.29, 0.717) is 16.6 Å². The van der Waals surface area contributed by atoms with Crippen LogP contribution >= 0.6 is 15.9 Å². The molecule has 0 amide bonds. The zero-order valence-electron chi connectivity index (χ0n) is 11.5. The number of likely N-dealkylation sites (N-methyl/N-ethyl adjacent to an activating group) is 1. The highest BCUT2D eigenvalue weighted by molar-refractivity contribution is 9.10. The Balaban J connectivity index is 2.38. The first-order chi connectivity index (χ1) is 10.0. The van der Waals surface area contributed by atoms with Crippen molar-refractivity contribution in [2.75, 3.05) is 6.54 Å². The maximum absolute atomic E-state index is 13.8. The third-order valence-corrected chi connectivity index (χ3v) is 3.98. The topological polar surface area (TPSA) is 12.0 Å². The number of benzene rings is 2. The van der Waals surface area contributed by atoms with Gasteiger partial charge in [0.05, 0.1) is 0 Å². The summed E-state index contributed by atoms with van der Waals surface area (Å²) in [5.74, 6) is -1.57. The first-order valence-electron chi connectivity index (χ1n) is 6.64. The molecule has 2 aromatic carbocycles. The summed E-state index contributed by atoms with van der Waals surface area (Å²) in [7, 11) is 0. The van der Waals surface area contributed by atoms with Gasteiger partial charge in [-0.1, -0.05) is 28.9 Å². The van der Waals surface area contributed by atoms with Gasteiger partial charge in [0, 0.05) is 16.1 Å². The minimum absolute atomic E-state index is 0.000360. The highest BCUT2D eigenvalue weighted by atomic mass is 79.9. The average Bonchev–Trinajstić information content (AvgIpc) is 2.44. The first-order valence-corrected chi connectivity index (χ1v) is 7.43. The Labute approximate surface area is 130 Å². The Hall–Kier alpha value is -1.33. The summed E-state index contributed by atoms with van der Waals surface area (Å²) in [5, 5.41) is 3.14. The van der Waals surface area contributed by atoms with Gasteiger partial charge in [0.1, 0.15) is 17.5 Å². The van der Waals surface area contributed by atoms with Crippen LogP contribution in [-0.4, -0.2) is 6.54 Å². The van der Waals surface area contributed by atoms with E-state index < -0.39 is 11.6 Å². The predicted octanol–water partition coefficient (Wildman–Crippen LogP) is 4.76. The van der Waals surface area contributed by atoms with Crippen LogP contribution in [0.4, 0.5) is 13.2 Å². The van der Waals surface area contributed by atoms with E-state index in [1.165, 1.54) is 30.3 Å². The molecule has 1 N–H and O–H groups in total. The summed E-state index contributed by atoms with van der Waals surface area (Å²) in [5.41, 5.74) is 0.638. The molecule has 0 aromatic heterocycles. The van der Waals surface area contributed by atoms with Gasteiger partial charge in [0.25, 0.3) is 0 Å². The van der Waals surface area contributed by atoms with E-state index in [1.54, 1.807) is 6.07 Å². The fourth-order valence-electron chi connectivity index (χ4n) is 2.25. The molecule has 1 nitrogen and oxygen atoms in total. The van der Waals surface area contributed by atoms with Crippen LogP contribution in [0.2, 0.25) is 0 Å². The second kappa shape index (κ2) is 7.09. The lowest BCUT2D eigenvalue weighted by Crippen LogP contribution is -2.24. The van der Waals surface area contributed by atoms with E-state index in [0.717, 1.165) is 0 Å². The molecule has 1 atom stereocenters. The Kier molecular flexibility index (Phi) is 5.42. The van der Waals surface area contributed by atoms with Crippen molar-refractivity contribution in [3.05, 3.63) is 69.4 Å². The molecule has 0 aliphatic rings. The third-order valence-electron chi connectivity index (χ3n) is 3.25. The van der Waals surface area contributed by atoms with Crippen molar-refractivity contribution < 1.29 is 13.2 Å². The van der Waals surface area contributed by atoms with Gasteiger partial charge in [0.2, 0.25) is 0 Å². The largest absolute Gasteiger partial charge is 0.310 e. The van der Waals surface area contributed by atoms with E-state index in [2.05, 4.69) is 21.2 Å². The SMILES string of the molecule is CCNC(Cc1c(F)cccc1F)c1cc(F)ccc1Br.